The minimum absolute atomic E-state index is 0.0775. The fourth-order valence-corrected chi connectivity index (χ4v) is 5.97. The van der Waals surface area contributed by atoms with Crippen LogP contribution in [0.5, 0.6) is 0 Å². The summed E-state index contributed by atoms with van der Waals surface area (Å²) in [7, 11) is 0. The highest BCUT2D eigenvalue weighted by atomic mass is 16.6. The fraction of sp³-hybridized carbons (Fsp3) is 0.632. The molecule has 116 valence electrons. The average Bonchev–Trinajstić information content (AvgIpc) is 2.89. The second-order valence-electron chi connectivity index (χ2n) is 7.86. The summed E-state index contributed by atoms with van der Waals surface area (Å²) >= 11 is 0. The lowest BCUT2D eigenvalue weighted by Gasteiger charge is -2.56. The first-order valence-corrected chi connectivity index (χ1v) is 8.80. The zero-order valence-electron chi connectivity index (χ0n) is 12.9. The van der Waals surface area contributed by atoms with Gasteiger partial charge in [0.2, 0.25) is 0 Å². The number of nitrogens with zero attached hydrogens (tertiary/aromatic N) is 1. The largest absolute Gasteiger partial charge is 0.439 e. The molecule has 1 amide bonds. The molecule has 5 fully saturated rings. The summed E-state index contributed by atoms with van der Waals surface area (Å²) in [6, 6.07) is 10.6. The van der Waals surface area contributed by atoms with Crippen LogP contribution < -0.4 is 0 Å². The van der Waals surface area contributed by atoms with E-state index in [1.54, 1.807) is 0 Å². The molecule has 3 heteroatoms. The zero-order valence-corrected chi connectivity index (χ0v) is 12.9. The van der Waals surface area contributed by atoms with E-state index in [0.717, 1.165) is 35.8 Å². The Balaban J connectivity index is 1.39. The summed E-state index contributed by atoms with van der Waals surface area (Å²) in [6.07, 6.45) is 6.68. The Bertz CT molecular complexity index is 556. The Morgan fingerprint density at radius 3 is 2.18 bits per heavy atom. The van der Waals surface area contributed by atoms with Crippen molar-refractivity contribution in [2.24, 2.45) is 23.7 Å². The van der Waals surface area contributed by atoms with Gasteiger partial charge >= 0.3 is 6.09 Å². The lowest BCUT2D eigenvalue weighted by Crippen LogP contribution is -2.56. The topological polar surface area (TPSA) is 29.5 Å². The van der Waals surface area contributed by atoms with Crippen LogP contribution in [0.1, 0.15) is 43.8 Å². The van der Waals surface area contributed by atoms with Gasteiger partial charge in [-0.2, -0.15) is 0 Å². The van der Waals surface area contributed by atoms with Crippen molar-refractivity contribution < 1.29 is 9.53 Å². The first-order chi connectivity index (χ1) is 10.8. The standard InChI is InChI=1S/C19H23NO2/c21-19-20(11-17(22-19)14-4-2-1-3-5-14)18-15-7-12-6-13(9-15)10-16(18)8-12/h1-5,12-13,15-18H,6-11H2/t12?,13?,15?,16?,17-,18?/m0/s1. The van der Waals surface area contributed by atoms with Crippen molar-refractivity contribution in [3.05, 3.63) is 35.9 Å². The summed E-state index contributed by atoms with van der Waals surface area (Å²) in [4.78, 5) is 14.6. The van der Waals surface area contributed by atoms with Crippen molar-refractivity contribution in [2.45, 2.75) is 44.2 Å². The number of carbonyl (C=O) groups excluding carboxylic acids is 1. The van der Waals surface area contributed by atoms with Crippen molar-refractivity contribution in [1.29, 1.82) is 0 Å². The van der Waals surface area contributed by atoms with Crippen LogP contribution in [0.4, 0.5) is 4.79 Å². The molecule has 0 radical (unpaired) electrons. The molecule has 5 aliphatic rings. The number of ether oxygens (including phenoxy) is 1. The smallest absolute Gasteiger partial charge is 0.410 e. The second kappa shape index (κ2) is 4.74. The molecule has 0 spiro atoms. The summed E-state index contributed by atoms with van der Waals surface area (Å²) < 4.78 is 5.70. The monoisotopic (exact) mass is 297 g/mol. The van der Waals surface area contributed by atoms with Crippen LogP contribution in [0, 0.1) is 23.7 Å². The maximum absolute atomic E-state index is 12.5. The molecule has 4 saturated carbocycles. The molecular weight excluding hydrogens is 274 g/mol. The van der Waals surface area contributed by atoms with Crippen molar-refractivity contribution in [1.82, 2.24) is 4.90 Å². The number of hydrogen-bond acceptors (Lipinski definition) is 2. The lowest BCUT2D eigenvalue weighted by atomic mass is 9.54. The molecule has 0 N–H and O–H groups in total. The lowest BCUT2D eigenvalue weighted by molar-refractivity contribution is -0.0480. The Hall–Kier alpha value is -1.51. The molecule has 1 aromatic carbocycles. The van der Waals surface area contributed by atoms with Crippen molar-refractivity contribution in [2.75, 3.05) is 6.54 Å². The van der Waals surface area contributed by atoms with Crippen LogP contribution in [0.2, 0.25) is 0 Å². The minimum atomic E-state index is -0.0779. The summed E-state index contributed by atoms with van der Waals surface area (Å²) in [6.45, 7) is 0.746. The van der Waals surface area contributed by atoms with Gasteiger partial charge in [-0.1, -0.05) is 30.3 Å². The van der Waals surface area contributed by atoms with E-state index in [1.807, 2.05) is 18.2 Å². The highest BCUT2D eigenvalue weighted by molar-refractivity contribution is 5.71. The van der Waals surface area contributed by atoms with Crippen molar-refractivity contribution in [3.8, 4) is 0 Å². The molecule has 22 heavy (non-hydrogen) atoms. The number of benzene rings is 1. The molecule has 1 atom stereocenters. The van der Waals surface area contributed by atoms with E-state index >= 15 is 0 Å². The molecule has 3 nitrogen and oxygen atoms in total. The zero-order chi connectivity index (χ0) is 14.7. The van der Waals surface area contributed by atoms with Gasteiger partial charge in [0.15, 0.2) is 0 Å². The quantitative estimate of drug-likeness (QED) is 0.825. The number of amides is 1. The fourth-order valence-electron chi connectivity index (χ4n) is 5.97. The Morgan fingerprint density at radius 2 is 1.55 bits per heavy atom. The van der Waals surface area contributed by atoms with Crippen LogP contribution in [0.15, 0.2) is 30.3 Å². The second-order valence-corrected chi connectivity index (χ2v) is 7.86. The number of rotatable bonds is 2. The van der Waals surface area contributed by atoms with Crippen molar-refractivity contribution >= 4 is 6.09 Å². The van der Waals surface area contributed by atoms with Gasteiger partial charge in [-0.05, 0) is 61.3 Å². The van der Waals surface area contributed by atoms with E-state index in [0.29, 0.717) is 6.04 Å². The third-order valence-corrected chi connectivity index (χ3v) is 6.55. The average molecular weight is 297 g/mol. The van der Waals surface area contributed by atoms with Crippen LogP contribution in [-0.4, -0.2) is 23.6 Å². The first kappa shape index (κ1) is 13.0. The Labute approximate surface area is 131 Å². The first-order valence-electron chi connectivity index (χ1n) is 8.80. The highest BCUT2D eigenvalue weighted by Crippen LogP contribution is 2.55. The molecule has 0 aromatic heterocycles. The van der Waals surface area contributed by atoms with E-state index in [1.165, 1.54) is 32.1 Å². The molecule has 1 heterocycles. The predicted octanol–water partition coefficient (Wildman–Crippen LogP) is 4.00. The van der Waals surface area contributed by atoms with Gasteiger partial charge in [0.1, 0.15) is 6.10 Å². The maximum Gasteiger partial charge on any atom is 0.410 e. The van der Waals surface area contributed by atoms with Gasteiger partial charge in [-0.25, -0.2) is 4.79 Å². The molecule has 4 aliphatic carbocycles. The van der Waals surface area contributed by atoms with Gasteiger partial charge in [0.25, 0.3) is 0 Å². The third kappa shape index (κ3) is 1.90. The highest BCUT2D eigenvalue weighted by Gasteiger charge is 2.53. The summed E-state index contributed by atoms with van der Waals surface area (Å²) in [5.74, 6) is 3.36. The summed E-state index contributed by atoms with van der Waals surface area (Å²) in [5, 5.41) is 0. The molecule has 6 rings (SSSR count). The molecule has 1 saturated heterocycles. The minimum Gasteiger partial charge on any atom is -0.439 e. The molecule has 4 bridgehead atoms. The van der Waals surface area contributed by atoms with Gasteiger partial charge in [0, 0.05) is 6.04 Å². The van der Waals surface area contributed by atoms with E-state index in [9.17, 15) is 4.79 Å². The van der Waals surface area contributed by atoms with Gasteiger partial charge < -0.3 is 9.64 Å². The molecule has 1 aliphatic heterocycles. The van der Waals surface area contributed by atoms with Crippen LogP contribution in [0.25, 0.3) is 0 Å². The molecule has 1 aromatic rings. The van der Waals surface area contributed by atoms with E-state index < -0.39 is 0 Å². The summed E-state index contributed by atoms with van der Waals surface area (Å²) in [5.41, 5.74) is 1.13. The van der Waals surface area contributed by atoms with Crippen LogP contribution >= 0.6 is 0 Å². The normalized spacial score (nSPS) is 42.7. The Morgan fingerprint density at radius 1 is 0.909 bits per heavy atom. The maximum atomic E-state index is 12.5. The van der Waals surface area contributed by atoms with E-state index in [-0.39, 0.29) is 12.2 Å². The predicted molar refractivity (Wildman–Crippen MR) is 83.2 cm³/mol. The van der Waals surface area contributed by atoms with Gasteiger partial charge in [0.05, 0.1) is 6.54 Å². The van der Waals surface area contributed by atoms with E-state index in [4.69, 9.17) is 4.74 Å². The number of carbonyl (C=O) groups is 1. The number of cyclic esters (lactones) is 1. The van der Waals surface area contributed by atoms with Gasteiger partial charge in [-0.15, -0.1) is 0 Å². The molecular formula is C19H23NO2. The Kier molecular flexibility index (Phi) is 2.80. The SMILES string of the molecule is O=C1O[C@H](c2ccccc2)CN1C1C2CC3CC(C2)CC1C3. The van der Waals surface area contributed by atoms with Crippen LogP contribution in [-0.2, 0) is 4.74 Å². The van der Waals surface area contributed by atoms with E-state index in [2.05, 4.69) is 17.0 Å². The van der Waals surface area contributed by atoms with Crippen molar-refractivity contribution in [3.63, 3.8) is 0 Å². The number of hydrogen-bond donors (Lipinski definition) is 0. The van der Waals surface area contributed by atoms with Gasteiger partial charge in [-0.3, -0.25) is 0 Å². The third-order valence-electron chi connectivity index (χ3n) is 6.55. The molecule has 0 unspecified atom stereocenters. The van der Waals surface area contributed by atoms with Crippen LogP contribution in [0.3, 0.4) is 0 Å².